The van der Waals surface area contributed by atoms with Crippen molar-refractivity contribution in [1.82, 2.24) is 14.9 Å². The Morgan fingerprint density at radius 1 is 1.19 bits per heavy atom. The largest absolute Gasteiger partial charge is 0.462 e. The highest BCUT2D eigenvalue weighted by Gasteiger charge is 2.37. The minimum absolute atomic E-state index is 0.0214. The number of ether oxygens (including phenoxy) is 1. The Bertz CT molecular complexity index is 1280. The van der Waals surface area contributed by atoms with Gasteiger partial charge in [0.15, 0.2) is 11.6 Å². The van der Waals surface area contributed by atoms with Crippen LogP contribution in [0.15, 0.2) is 36.5 Å². The molecule has 6 nitrogen and oxygen atoms in total. The second-order valence-electron chi connectivity index (χ2n) is 8.43. The molecule has 2 aromatic heterocycles. The molecule has 0 saturated heterocycles. The lowest BCUT2D eigenvalue weighted by atomic mass is 9.82. The number of amides is 1. The Morgan fingerprint density at radius 3 is 2.62 bits per heavy atom. The molecule has 0 radical (unpaired) electrons. The fourth-order valence-electron chi connectivity index (χ4n) is 4.13. The van der Waals surface area contributed by atoms with Gasteiger partial charge in [0.2, 0.25) is 0 Å². The van der Waals surface area contributed by atoms with Gasteiger partial charge in [-0.3, -0.25) is 4.79 Å². The fourth-order valence-corrected chi connectivity index (χ4v) is 4.13. The van der Waals surface area contributed by atoms with Crippen molar-refractivity contribution in [2.75, 3.05) is 13.2 Å². The molecule has 1 N–H and O–H groups in total. The molecular formula is C24H23F2N3O3. The lowest BCUT2D eigenvalue weighted by molar-refractivity contribution is -0.136. The van der Waals surface area contributed by atoms with Crippen LogP contribution in [-0.4, -0.2) is 39.9 Å². The van der Waals surface area contributed by atoms with Crippen molar-refractivity contribution in [1.29, 1.82) is 0 Å². The number of aromatic amines is 1. The van der Waals surface area contributed by atoms with Gasteiger partial charge in [-0.25, -0.2) is 18.6 Å². The summed E-state index contributed by atoms with van der Waals surface area (Å²) in [6, 6.07) is 6.80. The molecule has 4 rings (SSSR count). The van der Waals surface area contributed by atoms with Crippen molar-refractivity contribution in [2.45, 2.75) is 33.1 Å². The predicted molar refractivity (Wildman–Crippen MR) is 116 cm³/mol. The van der Waals surface area contributed by atoms with Crippen LogP contribution >= 0.6 is 0 Å². The van der Waals surface area contributed by atoms with Crippen LogP contribution in [0.3, 0.4) is 0 Å². The molecule has 3 aromatic rings. The molecule has 0 aliphatic carbocycles. The molecule has 32 heavy (non-hydrogen) atoms. The number of fused-ring (bicyclic) bond motifs is 3. The van der Waals surface area contributed by atoms with E-state index in [-0.39, 0.29) is 24.3 Å². The number of aromatic nitrogens is 2. The number of rotatable bonds is 3. The van der Waals surface area contributed by atoms with Crippen molar-refractivity contribution < 1.29 is 23.1 Å². The second-order valence-corrected chi connectivity index (χ2v) is 8.43. The van der Waals surface area contributed by atoms with Crippen LogP contribution in [0.2, 0.25) is 0 Å². The normalized spacial score (nSPS) is 15.2. The van der Waals surface area contributed by atoms with Gasteiger partial charge in [-0.2, -0.15) is 0 Å². The average Bonchev–Trinajstić information content (AvgIpc) is 3.06. The SMILES string of the molecule is CCOC(=O)C1=CN(C(=O)c2ccc(F)c(F)c2)CC(C)(C)c2c1[nH]c1nc(C)ccc21. The number of benzene rings is 1. The first-order valence-electron chi connectivity index (χ1n) is 10.3. The number of hydrogen-bond acceptors (Lipinski definition) is 4. The average molecular weight is 439 g/mol. The number of esters is 1. The molecular weight excluding hydrogens is 416 g/mol. The molecule has 0 bridgehead atoms. The summed E-state index contributed by atoms with van der Waals surface area (Å²) >= 11 is 0. The van der Waals surface area contributed by atoms with Crippen LogP contribution in [0.1, 0.15) is 48.1 Å². The van der Waals surface area contributed by atoms with Crippen molar-refractivity contribution in [2.24, 2.45) is 0 Å². The first-order chi connectivity index (χ1) is 15.1. The van der Waals surface area contributed by atoms with Gasteiger partial charge in [0.25, 0.3) is 5.91 Å². The van der Waals surface area contributed by atoms with Gasteiger partial charge in [0.05, 0.1) is 17.9 Å². The van der Waals surface area contributed by atoms with Gasteiger partial charge in [-0.1, -0.05) is 13.8 Å². The second kappa shape index (κ2) is 7.85. The summed E-state index contributed by atoms with van der Waals surface area (Å²) in [6.45, 7) is 7.82. The van der Waals surface area contributed by atoms with E-state index < -0.39 is 28.9 Å². The predicted octanol–water partition coefficient (Wildman–Crippen LogP) is 4.49. The molecule has 1 amide bonds. The number of carbonyl (C=O) groups excluding carboxylic acids is 2. The first kappa shape index (κ1) is 21.7. The lowest BCUT2D eigenvalue weighted by Crippen LogP contribution is -2.37. The lowest BCUT2D eigenvalue weighted by Gasteiger charge is -2.29. The van der Waals surface area contributed by atoms with E-state index in [4.69, 9.17) is 4.74 Å². The van der Waals surface area contributed by atoms with Crippen molar-refractivity contribution in [3.8, 4) is 0 Å². The number of nitrogens with one attached hydrogen (secondary N) is 1. The van der Waals surface area contributed by atoms with E-state index >= 15 is 0 Å². The Hall–Kier alpha value is -3.55. The van der Waals surface area contributed by atoms with Crippen LogP contribution in [0.25, 0.3) is 16.6 Å². The maximum atomic E-state index is 13.8. The number of aryl methyl sites for hydroxylation is 1. The van der Waals surface area contributed by atoms with Gasteiger partial charge < -0.3 is 14.6 Å². The summed E-state index contributed by atoms with van der Waals surface area (Å²) < 4.78 is 32.4. The van der Waals surface area contributed by atoms with Crippen LogP contribution in [0.5, 0.6) is 0 Å². The Morgan fingerprint density at radius 2 is 1.94 bits per heavy atom. The van der Waals surface area contributed by atoms with Crippen molar-refractivity contribution in [3.05, 3.63) is 70.7 Å². The Kier molecular flexibility index (Phi) is 5.32. The summed E-state index contributed by atoms with van der Waals surface area (Å²) in [6.07, 6.45) is 1.41. The smallest absolute Gasteiger partial charge is 0.341 e. The van der Waals surface area contributed by atoms with Gasteiger partial charge in [-0.15, -0.1) is 0 Å². The molecule has 0 unspecified atom stereocenters. The first-order valence-corrected chi connectivity index (χ1v) is 10.3. The third kappa shape index (κ3) is 3.66. The maximum Gasteiger partial charge on any atom is 0.341 e. The number of H-pyrrole nitrogens is 1. The van der Waals surface area contributed by atoms with E-state index in [0.717, 1.165) is 28.8 Å². The topological polar surface area (TPSA) is 75.3 Å². The number of halogens is 2. The molecule has 166 valence electrons. The molecule has 0 saturated carbocycles. The Balaban J connectivity index is 1.90. The highest BCUT2D eigenvalue weighted by molar-refractivity contribution is 6.18. The summed E-state index contributed by atoms with van der Waals surface area (Å²) in [5.41, 5.74) is 2.36. The molecule has 3 heterocycles. The monoisotopic (exact) mass is 439 g/mol. The standard InChI is InChI=1S/C24H23F2N3O3/c1-5-32-23(31)16-11-29(22(30)14-7-9-17(25)18(26)10-14)12-24(3,4)19-15-8-6-13(2)27-21(15)28-20(16)19/h6-11H,5,12H2,1-4H3,(H,27,28). The molecule has 0 spiro atoms. The van der Waals surface area contributed by atoms with Crippen LogP contribution < -0.4 is 0 Å². The van der Waals surface area contributed by atoms with E-state index in [2.05, 4.69) is 9.97 Å². The summed E-state index contributed by atoms with van der Waals surface area (Å²) in [7, 11) is 0. The number of carbonyl (C=O) groups is 2. The fraction of sp³-hybridized carbons (Fsp3) is 0.292. The quantitative estimate of drug-likeness (QED) is 0.611. The van der Waals surface area contributed by atoms with Crippen LogP contribution in [0.4, 0.5) is 8.78 Å². The van der Waals surface area contributed by atoms with E-state index in [0.29, 0.717) is 11.3 Å². The summed E-state index contributed by atoms with van der Waals surface area (Å²) in [5.74, 6) is -3.30. The maximum absolute atomic E-state index is 13.8. The van der Waals surface area contributed by atoms with E-state index in [9.17, 15) is 18.4 Å². The summed E-state index contributed by atoms with van der Waals surface area (Å²) in [5, 5.41) is 0.841. The van der Waals surface area contributed by atoms with E-state index in [1.165, 1.54) is 17.2 Å². The zero-order valence-electron chi connectivity index (χ0n) is 18.3. The third-order valence-corrected chi connectivity index (χ3v) is 5.52. The highest BCUT2D eigenvalue weighted by atomic mass is 19.2. The van der Waals surface area contributed by atoms with Crippen LogP contribution in [0, 0.1) is 18.6 Å². The molecule has 1 aliphatic heterocycles. The van der Waals surface area contributed by atoms with Gasteiger partial charge >= 0.3 is 5.97 Å². The van der Waals surface area contributed by atoms with Gasteiger partial charge in [0, 0.05) is 34.8 Å². The Labute approximate surface area is 183 Å². The number of pyridine rings is 1. The van der Waals surface area contributed by atoms with Crippen molar-refractivity contribution >= 4 is 28.5 Å². The van der Waals surface area contributed by atoms with Gasteiger partial charge in [0.1, 0.15) is 5.65 Å². The van der Waals surface area contributed by atoms with Crippen LogP contribution in [-0.2, 0) is 14.9 Å². The van der Waals surface area contributed by atoms with E-state index in [1.54, 1.807) is 6.92 Å². The minimum atomic E-state index is -1.11. The minimum Gasteiger partial charge on any atom is -0.462 e. The number of hydrogen-bond donors (Lipinski definition) is 1. The molecule has 0 fully saturated rings. The zero-order valence-corrected chi connectivity index (χ0v) is 18.3. The molecule has 0 atom stereocenters. The van der Waals surface area contributed by atoms with Crippen molar-refractivity contribution in [3.63, 3.8) is 0 Å². The molecule has 1 aliphatic rings. The van der Waals surface area contributed by atoms with E-state index in [1.807, 2.05) is 32.9 Å². The molecule has 1 aromatic carbocycles. The molecule has 8 heteroatoms. The number of nitrogens with zero attached hydrogens (tertiary/aromatic N) is 2. The summed E-state index contributed by atoms with van der Waals surface area (Å²) in [4.78, 5) is 35.2. The van der Waals surface area contributed by atoms with Gasteiger partial charge in [-0.05, 0) is 49.7 Å². The third-order valence-electron chi connectivity index (χ3n) is 5.52. The highest BCUT2D eigenvalue weighted by Crippen LogP contribution is 2.40. The zero-order chi connectivity index (χ0) is 23.2.